The summed E-state index contributed by atoms with van der Waals surface area (Å²) in [5.41, 5.74) is 12.3. The lowest BCUT2D eigenvalue weighted by Gasteiger charge is -2.35. The summed E-state index contributed by atoms with van der Waals surface area (Å²) in [6.07, 6.45) is 1.04. The van der Waals surface area contributed by atoms with Gasteiger partial charge in [-0.1, -0.05) is 97.9 Å². The maximum Gasteiger partial charge on any atom is 0.410 e. The highest BCUT2D eigenvalue weighted by atomic mass is 32.1. The van der Waals surface area contributed by atoms with Gasteiger partial charge < -0.3 is 61.0 Å². The highest BCUT2D eigenvalue weighted by molar-refractivity contribution is 7.59. The first kappa shape index (κ1) is 88.6. The number of Topliss-reactive ketones (excluding diaryl/α,β-unsaturated/α-hetero) is 1. The number of benzene rings is 3. The second-order valence-electron chi connectivity index (χ2n) is 23.2. The van der Waals surface area contributed by atoms with Crippen molar-refractivity contribution in [2.75, 3.05) is 42.9 Å². The molecule has 0 bridgehead atoms. The highest BCUT2D eigenvalue weighted by Crippen LogP contribution is 2.28. The van der Waals surface area contributed by atoms with Crippen LogP contribution in [0.1, 0.15) is 129 Å². The van der Waals surface area contributed by atoms with Gasteiger partial charge in [0.05, 0.1) is 29.1 Å². The number of carboxylic acids is 2. The predicted molar refractivity (Wildman–Crippen MR) is 378 cm³/mol. The van der Waals surface area contributed by atoms with Crippen LogP contribution in [0.2, 0.25) is 0 Å². The molecule has 1 aromatic heterocycles. The Morgan fingerprint density at radius 3 is 1.70 bits per heavy atom. The molecule has 0 unspecified atom stereocenters. The Labute approximate surface area is 590 Å². The minimum absolute atomic E-state index is 0. The molecule has 0 aliphatic carbocycles. The first-order chi connectivity index (χ1) is 43.8. The minimum Gasteiger partial charge on any atom is -0.481 e. The van der Waals surface area contributed by atoms with E-state index in [0.29, 0.717) is 34.8 Å². The van der Waals surface area contributed by atoms with E-state index in [9.17, 15) is 62.6 Å². The SMILES string of the molecule is CC(C)[C@H](C)C(=O)O.CC(C)[C@H](C)C(=O)ON1C(=O)CCC1=O.CCn1cc(C(=O)O)c(=O)c2cc(F)c(N3CCN(C(=O)OCc4ccc(NC(=O)[C@H](CCCN=C(N)N)CC(=O)[C@@H](NC(=O)OCc5ccccc5)C(C)C)cc4)CC3)cc21.O=C1CCC(=O)N1O.S.S.S.S. The van der Waals surface area contributed by atoms with Gasteiger partial charge in [-0.3, -0.25) is 48.6 Å². The van der Waals surface area contributed by atoms with Crippen molar-refractivity contribution in [2.24, 2.45) is 52.0 Å². The molecule has 3 saturated heterocycles. The van der Waals surface area contributed by atoms with Gasteiger partial charge in [-0.15, -0.1) is 5.06 Å². The van der Waals surface area contributed by atoms with Crippen molar-refractivity contribution in [2.45, 2.75) is 133 Å². The summed E-state index contributed by atoms with van der Waals surface area (Å²) < 4.78 is 27.8. The van der Waals surface area contributed by atoms with Gasteiger partial charge in [0.25, 0.3) is 23.6 Å². The number of aliphatic carboxylic acids is 1. The van der Waals surface area contributed by atoms with Crippen molar-refractivity contribution in [1.29, 1.82) is 0 Å². The maximum atomic E-state index is 15.3. The Morgan fingerprint density at radius 2 is 1.23 bits per heavy atom. The van der Waals surface area contributed by atoms with Gasteiger partial charge >= 0.3 is 30.1 Å². The average Bonchev–Trinajstić information content (AvgIpc) is 1.25. The second kappa shape index (κ2) is 43.0. The Balaban J connectivity index is 0.00000215. The quantitative estimate of drug-likeness (QED) is 0.0128. The van der Waals surface area contributed by atoms with E-state index in [2.05, 4.69) is 15.6 Å². The second-order valence-corrected chi connectivity index (χ2v) is 23.2. The fourth-order valence-corrected chi connectivity index (χ4v) is 9.06. The fourth-order valence-electron chi connectivity index (χ4n) is 9.06. The molecule has 3 aromatic carbocycles. The number of aliphatic imine (C=N–C) groups is 1. The first-order valence-electron chi connectivity index (χ1n) is 30.4. The van der Waals surface area contributed by atoms with E-state index in [0.717, 1.165) is 11.6 Å². The third-order valence-electron chi connectivity index (χ3n) is 15.5. The van der Waals surface area contributed by atoms with Gasteiger partial charge in [-0.2, -0.15) is 59.0 Å². The van der Waals surface area contributed by atoms with Crippen molar-refractivity contribution in [3.05, 3.63) is 106 Å². The van der Waals surface area contributed by atoms with E-state index in [4.69, 9.17) is 36.1 Å². The van der Waals surface area contributed by atoms with E-state index in [-0.39, 0.29) is 196 Å². The number of hydrogen-bond donors (Lipinski definition) is 7. The molecule has 538 valence electrons. The van der Waals surface area contributed by atoms with Crippen LogP contribution in [0.4, 0.5) is 25.4 Å². The maximum absolute atomic E-state index is 15.3. The average molecular weight is 1440 g/mol. The molecule has 4 aromatic rings. The number of ketones is 1. The van der Waals surface area contributed by atoms with Gasteiger partial charge in [0.15, 0.2) is 11.7 Å². The number of halogens is 1. The van der Waals surface area contributed by atoms with Crippen molar-refractivity contribution < 1.29 is 86.9 Å². The standard InChI is InChI=1S/C44H53FN8O9.C10H15NO4.C6H12O2.C4H5NO3.4H2S/c1-4-51-24-33(41(57)58)39(55)32-22-34(45)36(23-35(32)51)52-17-19-53(20-18-52)44(60)62-26-29-12-14-31(15-13-29)49-40(56)30(11-8-16-48-42(46)47)21-37(54)38(27(2)3)50-43(59)61-25-28-9-6-5-7-10-28;1-6(2)7(3)10(14)15-11-8(12)4-5-9(11)13;1-4(2)5(3)6(7)8;6-3-1-2-4(7)5(3)8;;;;/h5-7,9-10,12-15,22-24,27,30,38H,4,8,11,16-21,25-26H2,1-3H3,(H,49,56)(H,50,59)(H,57,58)(H4,46,47,48);6-7H,4-5H2,1-3H3;4-5H,1-3H3,(H,7,8);8H,1-2H2;4*1H2/t30-,38+;7-;5-;;;;;/m100...../s1. The number of ether oxygens (including phenoxy) is 2. The molecule has 9 N–H and O–H groups in total. The number of anilines is 2. The van der Waals surface area contributed by atoms with Crippen LogP contribution in [-0.2, 0) is 72.4 Å². The Morgan fingerprint density at radius 1 is 0.691 bits per heavy atom. The molecule has 3 aliphatic heterocycles. The number of imide groups is 2. The lowest BCUT2D eigenvalue weighted by Crippen LogP contribution is -2.49. The van der Waals surface area contributed by atoms with Crippen LogP contribution in [-0.4, -0.2) is 145 Å². The molecule has 28 nitrogen and oxygen atoms in total. The van der Waals surface area contributed by atoms with Crippen LogP contribution in [0.25, 0.3) is 10.9 Å². The summed E-state index contributed by atoms with van der Waals surface area (Å²) in [5.74, 6) is -7.27. The molecule has 3 aliphatic rings. The molecular formula is C64H93FN10O18S4. The summed E-state index contributed by atoms with van der Waals surface area (Å²) in [6, 6.07) is 17.5. The number of nitrogens with zero attached hydrogens (tertiary/aromatic N) is 6. The lowest BCUT2D eigenvalue weighted by molar-refractivity contribution is -0.201. The van der Waals surface area contributed by atoms with E-state index in [1.807, 2.05) is 58.0 Å². The Hall–Kier alpha value is -8.40. The van der Waals surface area contributed by atoms with E-state index >= 15 is 4.39 Å². The lowest BCUT2D eigenvalue weighted by atomic mass is 9.89. The molecule has 33 heteroatoms. The number of amides is 7. The van der Waals surface area contributed by atoms with Gasteiger partial charge in [0.2, 0.25) is 11.3 Å². The van der Waals surface area contributed by atoms with E-state index in [1.54, 1.807) is 68.4 Å². The number of carboxylic acid groups (broad SMARTS) is 2. The zero-order chi connectivity index (χ0) is 69.4. The smallest absolute Gasteiger partial charge is 0.410 e. The van der Waals surface area contributed by atoms with Crippen LogP contribution in [0, 0.1) is 41.3 Å². The zero-order valence-corrected chi connectivity index (χ0v) is 59.8. The molecule has 97 heavy (non-hydrogen) atoms. The molecule has 0 radical (unpaired) electrons. The number of fused-ring (bicyclic) bond motifs is 1. The number of pyridine rings is 1. The van der Waals surface area contributed by atoms with E-state index < -0.39 is 88.4 Å². The van der Waals surface area contributed by atoms with Crippen LogP contribution in [0.15, 0.2) is 82.7 Å². The minimum atomic E-state index is -1.39. The number of piperazine rings is 1. The van der Waals surface area contributed by atoms with Crippen LogP contribution in [0.5, 0.6) is 0 Å². The third kappa shape index (κ3) is 27.6. The van der Waals surface area contributed by atoms with Gasteiger partial charge in [0, 0.05) is 94.6 Å². The predicted octanol–water partition coefficient (Wildman–Crippen LogP) is 7.06. The van der Waals surface area contributed by atoms with Crippen LogP contribution < -0.4 is 32.4 Å². The van der Waals surface area contributed by atoms with Gasteiger partial charge in [-0.25, -0.2) is 23.6 Å². The molecular weight excluding hydrogens is 1340 g/mol. The number of rotatable bonds is 23. The number of carbonyl (C=O) groups excluding carboxylic acids is 9. The number of hydrogen-bond acceptors (Lipinski definition) is 18. The normalized spacial score (nSPS) is 14.4. The molecule has 3 fully saturated rings. The summed E-state index contributed by atoms with van der Waals surface area (Å²) in [6.45, 7) is 18.0. The summed E-state index contributed by atoms with van der Waals surface area (Å²) in [7, 11) is 0. The monoisotopic (exact) mass is 1440 g/mol. The number of aromatic carboxylic acids is 1. The number of carbonyl (C=O) groups is 11. The van der Waals surface area contributed by atoms with Crippen molar-refractivity contribution in [1.82, 2.24) is 24.9 Å². The van der Waals surface area contributed by atoms with Crippen molar-refractivity contribution in [3.8, 4) is 0 Å². The molecule has 0 spiro atoms. The van der Waals surface area contributed by atoms with Crippen LogP contribution >= 0.6 is 54.0 Å². The zero-order valence-electron chi connectivity index (χ0n) is 55.8. The third-order valence-corrected chi connectivity index (χ3v) is 15.5. The molecule has 7 rings (SSSR count). The van der Waals surface area contributed by atoms with Gasteiger partial charge in [-0.05, 0) is 72.9 Å². The largest absolute Gasteiger partial charge is 0.481 e. The number of alkyl carbamates (subject to hydrolysis) is 1. The summed E-state index contributed by atoms with van der Waals surface area (Å²) in [5, 5.41) is 32.4. The number of aryl methyl sites for hydroxylation is 1. The Bertz CT molecular complexity index is 3390. The summed E-state index contributed by atoms with van der Waals surface area (Å²) >= 11 is 0. The fraction of sp³-hybridized carbons (Fsp3) is 0.484. The Kier molecular flexibility index (Phi) is 39.3. The van der Waals surface area contributed by atoms with Gasteiger partial charge in [0.1, 0.15) is 24.6 Å². The number of aromatic nitrogens is 1. The summed E-state index contributed by atoms with van der Waals surface area (Å²) in [4.78, 5) is 154. The highest BCUT2D eigenvalue weighted by Gasteiger charge is 2.35. The number of hydroxylamine groups is 4. The topological polar surface area (TPSA) is 400 Å². The molecule has 7 amide bonds. The number of nitrogens with two attached hydrogens (primary N) is 2. The van der Waals surface area contributed by atoms with E-state index in [1.165, 1.54) is 17.2 Å². The number of guanidine groups is 1. The molecule has 4 heterocycles. The van der Waals surface area contributed by atoms with Crippen molar-refractivity contribution >= 4 is 148 Å². The van der Waals surface area contributed by atoms with Crippen LogP contribution in [0.3, 0.4) is 0 Å². The van der Waals surface area contributed by atoms with Crippen molar-refractivity contribution in [3.63, 3.8) is 0 Å². The molecule has 0 saturated carbocycles. The number of nitrogens with one attached hydrogen (secondary N) is 2. The molecule has 4 atom stereocenters. The first-order valence-corrected chi connectivity index (χ1v) is 30.4.